The Labute approximate surface area is 208 Å². The molecule has 0 aromatic heterocycles. The molecule has 2 rings (SSSR count). The summed E-state index contributed by atoms with van der Waals surface area (Å²) in [5, 5.41) is 3.32. The lowest BCUT2D eigenvalue weighted by molar-refractivity contribution is -0.139. The fourth-order valence-electron chi connectivity index (χ4n) is 3.44. The Balaban J connectivity index is 2.35. The minimum Gasteiger partial charge on any atom is -0.354 e. The third-order valence-electron chi connectivity index (χ3n) is 5.61. The number of amides is 2. The number of halogens is 1. The van der Waals surface area contributed by atoms with Crippen molar-refractivity contribution >= 4 is 39.1 Å². The number of carbonyl (C=O) groups is 2. The van der Waals surface area contributed by atoms with E-state index < -0.39 is 28.5 Å². The van der Waals surface area contributed by atoms with Gasteiger partial charge in [0.1, 0.15) is 12.6 Å². The van der Waals surface area contributed by atoms with Gasteiger partial charge in [0.05, 0.1) is 11.9 Å². The molecule has 0 aliphatic heterocycles. The van der Waals surface area contributed by atoms with Crippen LogP contribution in [0.2, 0.25) is 5.02 Å². The van der Waals surface area contributed by atoms with Crippen LogP contribution in [0.25, 0.3) is 0 Å². The summed E-state index contributed by atoms with van der Waals surface area (Å²) in [6.45, 7) is 5.82. The van der Waals surface area contributed by atoms with Crippen LogP contribution in [0.4, 0.5) is 5.69 Å². The fraction of sp³-hybridized carbons (Fsp3) is 0.440. The molecule has 0 heterocycles. The first-order chi connectivity index (χ1) is 16.1. The van der Waals surface area contributed by atoms with Gasteiger partial charge in [0.25, 0.3) is 0 Å². The maximum absolute atomic E-state index is 13.5. The number of benzene rings is 2. The molecule has 0 radical (unpaired) electrons. The maximum atomic E-state index is 13.5. The zero-order chi connectivity index (χ0) is 25.3. The van der Waals surface area contributed by atoms with Gasteiger partial charge >= 0.3 is 0 Å². The predicted molar refractivity (Wildman–Crippen MR) is 137 cm³/mol. The van der Waals surface area contributed by atoms with Crippen molar-refractivity contribution in [3.05, 3.63) is 64.7 Å². The molecule has 9 heteroatoms. The van der Waals surface area contributed by atoms with Gasteiger partial charge in [-0.05, 0) is 49.1 Å². The maximum Gasteiger partial charge on any atom is 0.244 e. The van der Waals surface area contributed by atoms with E-state index >= 15 is 0 Å². The summed E-state index contributed by atoms with van der Waals surface area (Å²) in [4.78, 5) is 27.7. The minimum atomic E-state index is -3.75. The molecule has 2 aromatic rings. The number of hydrogen-bond donors (Lipinski definition) is 1. The van der Waals surface area contributed by atoms with Gasteiger partial charge in [0.15, 0.2) is 0 Å². The molecular formula is C25H34ClN3O4S. The molecule has 1 unspecified atom stereocenters. The molecule has 2 amide bonds. The zero-order valence-electron chi connectivity index (χ0n) is 20.3. The number of rotatable bonds is 12. The summed E-state index contributed by atoms with van der Waals surface area (Å²) < 4.78 is 26.2. The Morgan fingerprint density at radius 1 is 1.06 bits per heavy atom. The topological polar surface area (TPSA) is 86.8 Å². The number of sulfonamides is 1. The van der Waals surface area contributed by atoms with Crippen molar-refractivity contribution in [1.29, 1.82) is 0 Å². The predicted octanol–water partition coefficient (Wildman–Crippen LogP) is 4.00. The van der Waals surface area contributed by atoms with Gasteiger partial charge in [-0.1, -0.05) is 62.2 Å². The average Bonchev–Trinajstić information content (AvgIpc) is 2.81. The molecule has 0 bridgehead atoms. The van der Waals surface area contributed by atoms with Crippen LogP contribution < -0.4 is 9.62 Å². The highest BCUT2D eigenvalue weighted by atomic mass is 35.5. The summed E-state index contributed by atoms with van der Waals surface area (Å²) in [5.74, 6) is -0.796. The Kier molecular flexibility index (Phi) is 10.4. The first kappa shape index (κ1) is 27.7. The molecule has 7 nitrogen and oxygen atoms in total. The van der Waals surface area contributed by atoms with Crippen LogP contribution in [0.5, 0.6) is 0 Å². The van der Waals surface area contributed by atoms with Crippen LogP contribution in [-0.4, -0.2) is 50.5 Å². The van der Waals surface area contributed by atoms with Crippen LogP contribution in [0.1, 0.15) is 44.7 Å². The second kappa shape index (κ2) is 12.8. The van der Waals surface area contributed by atoms with E-state index in [0.717, 1.165) is 35.4 Å². The van der Waals surface area contributed by atoms with Crippen molar-refractivity contribution < 1.29 is 18.0 Å². The Bertz CT molecular complexity index is 1070. The van der Waals surface area contributed by atoms with Gasteiger partial charge in [-0.2, -0.15) is 0 Å². The zero-order valence-corrected chi connectivity index (χ0v) is 21.8. The lowest BCUT2D eigenvalue weighted by Gasteiger charge is -2.31. The Morgan fingerprint density at radius 2 is 1.71 bits per heavy atom. The van der Waals surface area contributed by atoms with E-state index in [4.69, 9.17) is 11.6 Å². The van der Waals surface area contributed by atoms with E-state index in [-0.39, 0.29) is 12.5 Å². The average molecular weight is 508 g/mol. The first-order valence-corrected chi connectivity index (χ1v) is 13.7. The molecule has 186 valence electrons. The first-order valence-electron chi connectivity index (χ1n) is 11.5. The van der Waals surface area contributed by atoms with Crippen LogP contribution >= 0.6 is 11.6 Å². The largest absolute Gasteiger partial charge is 0.354 e. The lowest BCUT2D eigenvalue weighted by atomic mass is 10.1. The monoisotopic (exact) mass is 507 g/mol. The highest BCUT2D eigenvalue weighted by molar-refractivity contribution is 7.92. The van der Waals surface area contributed by atoms with Crippen molar-refractivity contribution in [3.8, 4) is 0 Å². The van der Waals surface area contributed by atoms with E-state index in [1.165, 1.54) is 4.90 Å². The molecule has 1 N–H and O–H groups in total. The summed E-state index contributed by atoms with van der Waals surface area (Å²) in [6, 6.07) is 13.3. The molecule has 0 aliphatic carbocycles. The number of carbonyl (C=O) groups excluding carboxylic acids is 2. The van der Waals surface area contributed by atoms with Gasteiger partial charge < -0.3 is 10.2 Å². The molecule has 2 aromatic carbocycles. The van der Waals surface area contributed by atoms with Crippen LogP contribution in [0.3, 0.4) is 0 Å². The van der Waals surface area contributed by atoms with Crippen molar-refractivity contribution in [1.82, 2.24) is 10.2 Å². The molecule has 0 spiro atoms. The van der Waals surface area contributed by atoms with Gasteiger partial charge in [-0.25, -0.2) is 8.42 Å². The van der Waals surface area contributed by atoms with Gasteiger partial charge in [-0.15, -0.1) is 0 Å². The third-order valence-corrected chi connectivity index (χ3v) is 7.12. The van der Waals surface area contributed by atoms with Gasteiger partial charge in [0.2, 0.25) is 21.8 Å². The highest BCUT2D eigenvalue weighted by Crippen LogP contribution is 2.22. The quantitative estimate of drug-likeness (QED) is 0.440. The second-order valence-electron chi connectivity index (χ2n) is 8.22. The molecule has 0 saturated heterocycles. The van der Waals surface area contributed by atoms with Crippen molar-refractivity contribution in [2.24, 2.45) is 0 Å². The van der Waals surface area contributed by atoms with Crippen LogP contribution in [0.15, 0.2) is 48.5 Å². The van der Waals surface area contributed by atoms with E-state index in [1.54, 1.807) is 43.3 Å². The standard InChI is InChI=1S/C25H34ClN3O4S/c1-5-7-16-27-25(31)19(3)28(17-21-10-8-9-11-23(21)26)24(30)18-29(34(4,32)33)22-14-12-20(6-2)13-15-22/h8-15,19H,5-7,16-18H2,1-4H3,(H,27,31). The normalized spacial score (nSPS) is 12.1. The SMILES string of the molecule is CCCCNC(=O)C(C)N(Cc1ccccc1Cl)C(=O)CN(c1ccc(CC)cc1)S(C)(=O)=O. The Hall–Kier alpha value is -2.58. The number of nitrogens with one attached hydrogen (secondary N) is 1. The number of aryl methyl sites for hydroxylation is 1. The van der Waals surface area contributed by atoms with Crippen molar-refractivity contribution in [3.63, 3.8) is 0 Å². The third kappa shape index (κ3) is 7.74. The molecular weight excluding hydrogens is 474 g/mol. The van der Waals surface area contributed by atoms with Crippen molar-refractivity contribution in [2.45, 2.75) is 52.6 Å². The molecule has 0 aliphatic rings. The summed E-state index contributed by atoms with van der Waals surface area (Å²) in [5.41, 5.74) is 2.12. The minimum absolute atomic E-state index is 0.0766. The van der Waals surface area contributed by atoms with Gasteiger partial charge in [0, 0.05) is 18.1 Å². The molecule has 0 saturated carbocycles. The summed E-state index contributed by atoms with van der Waals surface area (Å²) >= 11 is 6.32. The molecule has 1 atom stereocenters. The summed E-state index contributed by atoms with van der Waals surface area (Å²) in [7, 11) is -3.75. The van der Waals surface area contributed by atoms with Crippen LogP contribution in [-0.2, 0) is 32.6 Å². The molecule has 0 fully saturated rings. The van der Waals surface area contributed by atoms with Crippen LogP contribution in [0, 0.1) is 0 Å². The van der Waals surface area contributed by atoms with E-state index in [2.05, 4.69) is 5.32 Å². The number of nitrogens with zero attached hydrogens (tertiary/aromatic N) is 2. The van der Waals surface area contributed by atoms with Gasteiger partial charge in [-0.3, -0.25) is 13.9 Å². The highest BCUT2D eigenvalue weighted by Gasteiger charge is 2.30. The Morgan fingerprint density at radius 3 is 2.26 bits per heavy atom. The van der Waals surface area contributed by atoms with E-state index in [0.29, 0.717) is 22.8 Å². The molecule has 34 heavy (non-hydrogen) atoms. The second-order valence-corrected chi connectivity index (χ2v) is 10.5. The number of hydrogen-bond acceptors (Lipinski definition) is 4. The van der Waals surface area contributed by atoms with E-state index in [1.807, 2.05) is 26.0 Å². The lowest BCUT2D eigenvalue weighted by Crippen LogP contribution is -2.51. The fourth-order valence-corrected chi connectivity index (χ4v) is 4.49. The van der Waals surface area contributed by atoms with Crippen molar-refractivity contribution in [2.75, 3.05) is 23.7 Å². The smallest absolute Gasteiger partial charge is 0.244 e. The summed E-state index contributed by atoms with van der Waals surface area (Å²) in [6.07, 6.45) is 3.63. The van der Waals surface area contributed by atoms with E-state index in [9.17, 15) is 18.0 Å². The number of unbranched alkanes of at least 4 members (excludes halogenated alkanes) is 1. The number of anilines is 1.